The molecule has 1 saturated heterocycles. The number of anilines is 1. The van der Waals surface area contributed by atoms with Gasteiger partial charge >= 0.3 is 0 Å². The highest BCUT2D eigenvalue weighted by Crippen LogP contribution is 2.28. The summed E-state index contributed by atoms with van der Waals surface area (Å²) in [6, 6.07) is 12.1. The first-order valence-electron chi connectivity index (χ1n) is 11.1. The zero-order valence-corrected chi connectivity index (χ0v) is 19.1. The van der Waals surface area contributed by atoms with Gasteiger partial charge < -0.3 is 14.5 Å². The quantitative estimate of drug-likeness (QED) is 0.568. The Morgan fingerprint density at radius 3 is 2.81 bits per heavy atom. The summed E-state index contributed by atoms with van der Waals surface area (Å²) in [7, 11) is 5.58. The zero-order chi connectivity index (χ0) is 22.5. The normalized spacial score (nSPS) is 16.1. The first-order valence-corrected chi connectivity index (χ1v) is 11.1. The van der Waals surface area contributed by atoms with Gasteiger partial charge in [-0.15, -0.1) is 0 Å². The number of carbonyl (C=O) groups is 1. The third-order valence-electron chi connectivity index (χ3n) is 6.17. The van der Waals surface area contributed by atoms with E-state index in [1.165, 1.54) is 0 Å². The van der Waals surface area contributed by atoms with Crippen LogP contribution in [0.3, 0.4) is 0 Å². The standard InChI is InChI=1S/C25H31N5O2/c1-28(22-7-4-8-23(14-22)32-3)13-11-25(31)30-12-5-6-20(18-30)24-10-9-19(15-26-24)21-16-27-29(2)17-21/h4,7-10,14-17,20H,5-6,11-13,18H2,1-3H3/t20-/m1/s1. The number of hydrogen-bond acceptors (Lipinski definition) is 5. The van der Waals surface area contributed by atoms with Crippen molar-refractivity contribution in [2.24, 2.45) is 7.05 Å². The lowest BCUT2D eigenvalue weighted by Crippen LogP contribution is -2.40. The highest BCUT2D eigenvalue weighted by molar-refractivity contribution is 5.77. The average molecular weight is 434 g/mol. The molecule has 1 aliphatic heterocycles. The van der Waals surface area contributed by atoms with Gasteiger partial charge in [0.05, 0.1) is 13.3 Å². The third-order valence-corrected chi connectivity index (χ3v) is 6.17. The molecule has 0 bridgehead atoms. The van der Waals surface area contributed by atoms with Gasteiger partial charge in [0.1, 0.15) is 5.75 Å². The number of benzene rings is 1. The molecule has 1 aromatic carbocycles. The Bertz CT molecular complexity index is 1050. The molecule has 4 rings (SSSR count). The SMILES string of the molecule is COc1cccc(N(C)CCC(=O)N2CCC[C@@H](c3ccc(-c4cnn(C)c4)cn3)C2)c1. The van der Waals surface area contributed by atoms with Crippen LogP contribution >= 0.6 is 0 Å². The van der Waals surface area contributed by atoms with E-state index in [1.807, 2.05) is 61.9 Å². The lowest BCUT2D eigenvalue weighted by atomic mass is 9.93. The predicted molar refractivity (Wildman–Crippen MR) is 126 cm³/mol. The summed E-state index contributed by atoms with van der Waals surface area (Å²) in [4.78, 5) is 21.7. The first kappa shape index (κ1) is 21.9. The Kier molecular flexibility index (Phi) is 6.73. The number of nitrogens with zero attached hydrogens (tertiary/aromatic N) is 5. The Balaban J connectivity index is 1.33. The fourth-order valence-electron chi connectivity index (χ4n) is 4.23. The Morgan fingerprint density at radius 2 is 2.09 bits per heavy atom. The van der Waals surface area contributed by atoms with Crippen LogP contribution < -0.4 is 9.64 Å². The molecule has 168 valence electrons. The van der Waals surface area contributed by atoms with Gasteiger partial charge in [0.25, 0.3) is 0 Å². The second-order valence-electron chi connectivity index (χ2n) is 8.43. The van der Waals surface area contributed by atoms with Crippen LogP contribution in [0.2, 0.25) is 0 Å². The minimum Gasteiger partial charge on any atom is -0.497 e. The summed E-state index contributed by atoms with van der Waals surface area (Å²) in [6.07, 6.45) is 8.31. The van der Waals surface area contributed by atoms with Gasteiger partial charge in [-0.3, -0.25) is 14.5 Å². The van der Waals surface area contributed by atoms with Crippen molar-refractivity contribution in [1.29, 1.82) is 0 Å². The van der Waals surface area contributed by atoms with Gasteiger partial charge in [0.2, 0.25) is 5.91 Å². The number of amides is 1. The monoisotopic (exact) mass is 433 g/mol. The lowest BCUT2D eigenvalue weighted by molar-refractivity contribution is -0.132. The number of carbonyl (C=O) groups excluding carboxylic acids is 1. The molecule has 2 aromatic heterocycles. The Labute approximate surface area is 189 Å². The van der Waals surface area contributed by atoms with Crippen LogP contribution in [0.15, 0.2) is 55.0 Å². The van der Waals surface area contributed by atoms with Crippen LogP contribution in [-0.4, -0.2) is 59.4 Å². The van der Waals surface area contributed by atoms with E-state index in [0.29, 0.717) is 13.0 Å². The van der Waals surface area contributed by atoms with E-state index < -0.39 is 0 Å². The number of pyridine rings is 1. The van der Waals surface area contributed by atoms with Crippen LogP contribution in [0.1, 0.15) is 30.9 Å². The number of ether oxygens (including phenoxy) is 1. The smallest absolute Gasteiger partial charge is 0.224 e. The molecule has 7 nitrogen and oxygen atoms in total. The van der Waals surface area contributed by atoms with E-state index in [9.17, 15) is 4.79 Å². The molecule has 32 heavy (non-hydrogen) atoms. The molecule has 1 atom stereocenters. The lowest BCUT2D eigenvalue weighted by Gasteiger charge is -2.33. The summed E-state index contributed by atoms with van der Waals surface area (Å²) in [5.41, 5.74) is 4.23. The van der Waals surface area contributed by atoms with Crippen molar-refractivity contribution in [3.8, 4) is 16.9 Å². The van der Waals surface area contributed by atoms with E-state index in [2.05, 4.69) is 22.1 Å². The third kappa shape index (κ3) is 5.10. The minimum absolute atomic E-state index is 0.205. The fourth-order valence-corrected chi connectivity index (χ4v) is 4.23. The molecule has 0 aliphatic carbocycles. The summed E-state index contributed by atoms with van der Waals surface area (Å²) in [5.74, 6) is 1.31. The number of piperidine rings is 1. The second kappa shape index (κ2) is 9.85. The van der Waals surface area contributed by atoms with Crippen LogP contribution in [-0.2, 0) is 11.8 Å². The molecule has 3 heterocycles. The van der Waals surface area contributed by atoms with E-state index in [0.717, 1.165) is 54.2 Å². The molecule has 1 amide bonds. The van der Waals surface area contributed by atoms with Crippen molar-refractivity contribution in [3.63, 3.8) is 0 Å². The van der Waals surface area contributed by atoms with Gasteiger partial charge in [-0.05, 0) is 31.0 Å². The van der Waals surface area contributed by atoms with Gasteiger partial charge in [0.15, 0.2) is 0 Å². The number of rotatable bonds is 7. The molecule has 3 aromatic rings. The van der Waals surface area contributed by atoms with Crippen LogP contribution in [0, 0.1) is 0 Å². The Hall–Kier alpha value is -3.35. The van der Waals surface area contributed by atoms with E-state index in [1.54, 1.807) is 11.8 Å². The molecule has 1 fully saturated rings. The van der Waals surface area contributed by atoms with Crippen LogP contribution in [0.5, 0.6) is 5.75 Å². The van der Waals surface area contributed by atoms with E-state index >= 15 is 0 Å². The van der Waals surface area contributed by atoms with Crippen molar-refractivity contribution < 1.29 is 9.53 Å². The van der Waals surface area contributed by atoms with Crippen LogP contribution in [0.4, 0.5) is 5.69 Å². The largest absolute Gasteiger partial charge is 0.497 e. The zero-order valence-electron chi connectivity index (χ0n) is 19.1. The topological polar surface area (TPSA) is 63.5 Å². The van der Waals surface area contributed by atoms with Gasteiger partial charge in [-0.1, -0.05) is 12.1 Å². The highest BCUT2D eigenvalue weighted by atomic mass is 16.5. The summed E-state index contributed by atoms with van der Waals surface area (Å²) < 4.78 is 7.09. The summed E-state index contributed by atoms with van der Waals surface area (Å²) in [5, 5.41) is 4.23. The van der Waals surface area contributed by atoms with Crippen molar-refractivity contribution in [3.05, 3.63) is 60.7 Å². The van der Waals surface area contributed by atoms with Crippen molar-refractivity contribution >= 4 is 11.6 Å². The molecule has 7 heteroatoms. The number of likely N-dealkylation sites (tertiary alicyclic amines) is 1. The van der Waals surface area contributed by atoms with Crippen LogP contribution in [0.25, 0.3) is 11.1 Å². The number of aromatic nitrogens is 3. The van der Waals surface area contributed by atoms with Gasteiger partial charge in [-0.25, -0.2) is 0 Å². The molecule has 0 N–H and O–H groups in total. The number of methoxy groups -OCH3 is 1. The molecule has 0 saturated carbocycles. The summed E-state index contributed by atoms with van der Waals surface area (Å²) in [6.45, 7) is 2.23. The molecule has 0 spiro atoms. The second-order valence-corrected chi connectivity index (χ2v) is 8.43. The molecule has 0 radical (unpaired) electrons. The predicted octanol–water partition coefficient (Wildman–Crippen LogP) is 3.72. The summed E-state index contributed by atoms with van der Waals surface area (Å²) >= 11 is 0. The maximum absolute atomic E-state index is 12.9. The Morgan fingerprint density at radius 1 is 1.22 bits per heavy atom. The van der Waals surface area contributed by atoms with Crippen molar-refractivity contribution in [1.82, 2.24) is 19.7 Å². The van der Waals surface area contributed by atoms with Crippen molar-refractivity contribution in [2.75, 3.05) is 38.7 Å². The van der Waals surface area contributed by atoms with Crippen molar-refractivity contribution in [2.45, 2.75) is 25.2 Å². The molecular formula is C25H31N5O2. The average Bonchev–Trinajstić information content (AvgIpc) is 3.28. The fraction of sp³-hybridized carbons (Fsp3) is 0.400. The highest BCUT2D eigenvalue weighted by Gasteiger charge is 2.25. The molecule has 1 aliphatic rings. The van der Waals surface area contributed by atoms with E-state index in [4.69, 9.17) is 9.72 Å². The van der Waals surface area contributed by atoms with E-state index in [-0.39, 0.29) is 11.8 Å². The van der Waals surface area contributed by atoms with Gasteiger partial charge in [-0.2, -0.15) is 5.10 Å². The maximum Gasteiger partial charge on any atom is 0.224 e. The first-order chi connectivity index (χ1) is 15.5. The minimum atomic E-state index is 0.205. The van der Waals surface area contributed by atoms with Gasteiger partial charge in [0, 0.05) is 87.0 Å². The number of aryl methyl sites for hydroxylation is 1. The molecule has 0 unspecified atom stereocenters. The maximum atomic E-state index is 12.9. The molecular weight excluding hydrogens is 402 g/mol. The number of hydrogen-bond donors (Lipinski definition) is 0.